The number of rotatable bonds is 16. The molecule has 9 N–H and O–H groups in total. The molecule has 0 fully saturated rings. The van der Waals surface area contributed by atoms with Gasteiger partial charge < -0.3 is 42.6 Å². The first-order chi connectivity index (χ1) is 19.2. The topological polar surface area (TPSA) is 213 Å². The predicted octanol–water partition coefficient (Wildman–Crippen LogP) is 1.10. The minimum Gasteiger partial charge on any atom is -0.459 e. The first-order valence-corrected chi connectivity index (χ1v) is 13.8. The van der Waals surface area contributed by atoms with Crippen molar-refractivity contribution >= 4 is 29.8 Å². The van der Waals surface area contributed by atoms with Gasteiger partial charge in [-0.15, -0.1) is 0 Å². The van der Waals surface area contributed by atoms with Crippen LogP contribution in [-0.2, 0) is 30.5 Å². The molecular weight excluding hydrogens is 530 g/mol. The summed E-state index contributed by atoms with van der Waals surface area (Å²) in [5.74, 6) is -1.71. The Labute approximate surface area is 242 Å². The predicted molar refractivity (Wildman–Crippen MR) is 156 cm³/mol. The van der Waals surface area contributed by atoms with Crippen LogP contribution >= 0.6 is 0 Å². The lowest BCUT2D eigenvalue weighted by atomic mass is 10.1. The van der Waals surface area contributed by atoms with E-state index in [0.717, 1.165) is 11.1 Å². The molecule has 230 valence electrons. The smallest absolute Gasteiger partial charge is 0.407 e. The number of nitrogens with zero attached hydrogens (tertiary/aromatic N) is 1. The number of guanidine groups is 1. The van der Waals surface area contributed by atoms with E-state index in [1.165, 1.54) is 6.92 Å². The highest BCUT2D eigenvalue weighted by Gasteiger charge is 2.26. The second-order valence-corrected chi connectivity index (χ2v) is 10.9. The standard InChI is InChI=1S/C28H47N7O6/c1-18-11-13-20(14-12-18)17-40-25(38)22(10-6-7-15-33-27(39)41-28(3,4)5)35-23(36)19(2)34-24(37)21(29)9-8-16-32-26(30)31/h11-14,19,21-22H,6-10,15-17,29H2,1-5H3,(H,33,39)(H,34,37)(H,35,36)(H4,30,31,32)/t19-,21+,22+/m1/s1. The van der Waals surface area contributed by atoms with Crippen LogP contribution in [-0.4, -0.2) is 66.7 Å². The highest BCUT2D eigenvalue weighted by molar-refractivity contribution is 5.91. The molecule has 0 heterocycles. The molecule has 13 nitrogen and oxygen atoms in total. The van der Waals surface area contributed by atoms with Gasteiger partial charge >= 0.3 is 12.1 Å². The molecule has 1 rings (SSSR count). The number of nitrogens with one attached hydrogen (secondary N) is 3. The van der Waals surface area contributed by atoms with Gasteiger partial charge in [0.2, 0.25) is 11.8 Å². The number of esters is 1. The number of unbranched alkanes of at least 4 members (excludes halogenated alkanes) is 1. The monoisotopic (exact) mass is 577 g/mol. The van der Waals surface area contributed by atoms with E-state index >= 15 is 0 Å². The van der Waals surface area contributed by atoms with Crippen molar-refractivity contribution in [3.05, 3.63) is 35.4 Å². The molecule has 0 bridgehead atoms. The van der Waals surface area contributed by atoms with E-state index in [4.69, 9.17) is 26.7 Å². The van der Waals surface area contributed by atoms with E-state index in [2.05, 4.69) is 20.9 Å². The maximum Gasteiger partial charge on any atom is 0.407 e. The Morgan fingerprint density at radius 1 is 0.951 bits per heavy atom. The molecule has 1 aromatic rings. The third-order valence-electron chi connectivity index (χ3n) is 5.75. The largest absolute Gasteiger partial charge is 0.459 e. The molecule has 3 atom stereocenters. The van der Waals surface area contributed by atoms with Gasteiger partial charge in [-0.25, -0.2) is 9.59 Å². The van der Waals surface area contributed by atoms with E-state index in [1.807, 2.05) is 31.2 Å². The molecular formula is C28H47N7O6. The minimum absolute atomic E-state index is 0.0421. The average Bonchev–Trinajstić information content (AvgIpc) is 2.88. The van der Waals surface area contributed by atoms with Crippen LogP contribution in [0.2, 0.25) is 0 Å². The summed E-state index contributed by atoms with van der Waals surface area (Å²) < 4.78 is 10.7. The van der Waals surface area contributed by atoms with Gasteiger partial charge in [0.15, 0.2) is 5.96 Å². The zero-order chi connectivity index (χ0) is 31.0. The van der Waals surface area contributed by atoms with Crippen LogP contribution in [0.15, 0.2) is 29.3 Å². The third kappa shape index (κ3) is 16.1. The van der Waals surface area contributed by atoms with Gasteiger partial charge in [0.05, 0.1) is 6.04 Å². The van der Waals surface area contributed by atoms with Crippen molar-refractivity contribution in [3.8, 4) is 0 Å². The Morgan fingerprint density at radius 3 is 2.22 bits per heavy atom. The van der Waals surface area contributed by atoms with Crippen LogP contribution in [0.4, 0.5) is 4.79 Å². The fraction of sp³-hybridized carbons (Fsp3) is 0.607. The zero-order valence-corrected chi connectivity index (χ0v) is 24.8. The molecule has 0 aliphatic rings. The molecule has 0 spiro atoms. The van der Waals surface area contributed by atoms with Crippen LogP contribution in [0, 0.1) is 6.92 Å². The first kappa shape index (κ1) is 35.2. The molecule has 0 aliphatic carbocycles. The quantitative estimate of drug-likeness (QED) is 0.0717. The molecule has 1 aromatic carbocycles. The first-order valence-electron chi connectivity index (χ1n) is 13.8. The zero-order valence-electron chi connectivity index (χ0n) is 24.8. The summed E-state index contributed by atoms with van der Waals surface area (Å²) >= 11 is 0. The number of amides is 3. The molecule has 0 aliphatic heterocycles. The number of benzene rings is 1. The van der Waals surface area contributed by atoms with Crippen molar-refractivity contribution < 1.29 is 28.7 Å². The van der Waals surface area contributed by atoms with Crippen molar-refractivity contribution in [1.29, 1.82) is 0 Å². The summed E-state index contributed by atoms with van der Waals surface area (Å²) in [5.41, 5.74) is 17.8. The van der Waals surface area contributed by atoms with Crippen LogP contribution in [0.25, 0.3) is 0 Å². The SMILES string of the molecule is Cc1ccc(COC(=O)[C@H](CCCCNC(=O)OC(C)(C)C)NC(=O)[C@@H](C)NC(=O)[C@@H](N)CCCN=C(N)N)cc1. The molecule has 0 unspecified atom stereocenters. The van der Waals surface area contributed by atoms with Crippen LogP contribution < -0.4 is 33.2 Å². The second kappa shape index (κ2) is 17.7. The van der Waals surface area contributed by atoms with Crippen LogP contribution in [0.3, 0.4) is 0 Å². The number of aryl methyl sites for hydroxylation is 1. The van der Waals surface area contributed by atoms with Gasteiger partial charge in [0, 0.05) is 13.1 Å². The normalized spacial score (nSPS) is 13.2. The maximum atomic E-state index is 12.9. The Kier molecular flexibility index (Phi) is 15.2. The fourth-order valence-corrected chi connectivity index (χ4v) is 3.50. The summed E-state index contributed by atoms with van der Waals surface area (Å²) in [6, 6.07) is 4.78. The Balaban J connectivity index is 2.69. The lowest BCUT2D eigenvalue weighted by Gasteiger charge is -2.22. The lowest BCUT2D eigenvalue weighted by Crippen LogP contribution is -2.53. The summed E-state index contributed by atoms with van der Waals surface area (Å²) in [6.45, 7) is 9.49. The minimum atomic E-state index is -0.956. The van der Waals surface area contributed by atoms with Crippen molar-refractivity contribution in [3.63, 3.8) is 0 Å². The van der Waals surface area contributed by atoms with Crippen LogP contribution in [0.5, 0.6) is 0 Å². The van der Waals surface area contributed by atoms with Crippen molar-refractivity contribution in [2.24, 2.45) is 22.2 Å². The molecule has 41 heavy (non-hydrogen) atoms. The van der Waals surface area contributed by atoms with Gasteiger partial charge in [0.1, 0.15) is 24.3 Å². The van der Waals surface area contributed by atoms with Gasteiger partial charge in [-0.3, -0.25) is 14.6 Å². The van der Waals surface area contributed by atoms with Gasteiger partial charge in [-0.1, -0.05) is 29.8 Å². The molecule has 0 saturated heterocycles. The number of carbonyl (C=O) groups is 4. The van der Waals surface area contributed by atoms with E-state index < -0.39 is 47.6 Å². The number of carbonyl (C=O) groups excluding carboxylic acids is 4. The number of alkyl carbamates (subject to hydrolysis) is 1. The number of hydrogen-bond acceptors (Lipinski definition) is 8. The van der Waals surface area contributed by atoms with E-state index in [1.54, 1.807) is 20.8 Å². The fourth-order valence-electron chi connectivity index (χ4n) is 3.50. The average molecular weight is 578 g/mol. The van der Waals surface area contributed by atoms with Gasteiger partial charge in [-0.05, 0) is 72.3 Å². The number of nitrogens with two attached hydrogens (primary N) is 3. The third-order valence-corrected chi connectivity index (χ3v) is 5.75. The highest BCUT2D eigenvalue weighted by Crippen LogP contribution is 2.10. The summed E-state index contributed by atoms with van der Waals surface area (Å²) in [7, 11) is 0. The van der Waals surface area contributed by atoms with E-state index in [-0.39, 0.29) is 19.0 Å². The number of aliphatic imine (C=N–C) groups is 1. The second-order valence-electron chi connectivity index (χ2n) is 10.9. The molecule has 13 heteroatoms. The molecule has 0 radical (unpaired) electrons. The van der Waals surface area contributed by atoms with E-state index in [0.29, 0.717) is 38.8 Å². The highest BCUT2D eigenvalue weighted by atomic mass is 16.6. The summed E-state index contributed by atoms with van der Waals surface area (Å²) in [4.78, 5) is 53.9. The Morgan fingerprint density at radius 2 is 1.61 bits per heavy atom. The Hall–Kier alpha value is -3.87. The summed E-state index contributed by atoms with van der Waals surface area (Å²) in [6.07, 6.45) is 1.59. The molecule has 0 aromatic heterocycles. The van der Waals surface area contributed by atoms with Crippen molar-refractivity contribution in [2.45, 2.75) is 97.1 Å². The van der Waals surface area contributed by atoms with Crippen molar-refractivity contribution in [2.75, 3.05) is 13.1 Å². The summed E-state index contributed by atoms with van der Waals surface area (Å²) in [5, 5.41) is 7.91. The van der Waals surface area contributed by atoms with Crippen molar-refractivity contribution in [1.82, 2.24) is 16.0 Å². The van der Waals surface area contributed by atoms with Gasteiger partial charge in [0.25, 0.3) is 0 Å². The number of ether oxygens (including phenoxy) is 2. The molecule has 0 saturated carbocycles. The Bertz CT molecular complexity index is 1020. The van der Waals surface area contributed by atoms with Gasteiger partial charge in [-0.2, -0.15) is 0 Å². The maximum absolute atomic E-state index is 12.9. The van der Waals surface area contributed by atoms with E-state index in [9.17, 15) is 19.2 Å². The van der Waals surface area contributed by atoms with Crippen LogP contribution in [0.1, 0.15) is 70.9 Å². The number of hydrogen-bond donors (Lipinski definition) is 6. The lowest BCUT2D eigenvalue weighted by molar-refractivity contribution is -0.149. The molecule has 3 amide bonds.